The van der Waals surface area contributed by atoms with E-state index in [1.54, 1.807) is 4.52 Å². The van der Waals surface area contributed by atoms with Crippen molar-refractivity contribution in [3.63, 3.8) is 0 Å². The molecule has 0 radical (unpaired) electrons. The van der Waals surface area contributed by atoms with Crippen molar-refractivity contribution in [1.82, 2.24) is 44.4 Å². The van der Waals surface area contributed by atoms with Gasteiger partial charge in [0.1, 0.15) is 12.3 Å². The van der Waals surface area contributed by atoms with Gasteiger partial charge in [0.05, 0.1) is 6.54 Å². The lowest BCUT2D eigenvalue weighted by atomic mass is 10.2. The van der Waals surface area contributed by atoms with Gasteiger partial charge in [-0.15, -0.1) is 15.3 Å². The Balaban J connectivity index is 1.26. The molecule has 0 N–H and O–H groups in total. The summed E-state index contributed by atoms with van der Waals surface area (Å²) in [6.07, 6.45) is 2.32. The van der Waals surface area contributed by atoms with Crippen LogP contribution in [0.15, 0.2) is 36.4 Å². The number of rotatable bonds is 7. The predicted octanol–water partition coefficient (Wildman–Crippen LogP) is 1.85. The normalized spacial score (nSPS) is 17.3. The van der Waals surface area contributed by atoms with E-state index < -0.39 is 0 Å². The highest BCUT2D eigenvalue weighted by molar-refractivity contribution is 5.65. The Labute approximate surface area is 210 Å². The minimum absolute atomic E-state index is 0.286. The number of aryl methyl sites for hydroxylation is 1. The van der Waals surface area contributed by atoms with Crippen LogP contribution in [-0.2, 0) is 20.2 Å². The van der Waals surface area contributed by atoms with Crippen LogP contribution in [0.1, 0.15) is 24.5 Å². The van der Waals surface area contributed by atoms with E-state index in [4.69, 9.17) is 14.8 Å². The Morgan fingerprint density at radius 3 is 2.44 bits per heavy atom. The van der Waals surface area contributed by atoms with Gasteiger partial charge in [0.25, 0.3) is 5.88 Å². The van der Waals surface area contributed by atoms with Crippen LogP contribution in [0.3, 0.4) is 0 Å². The molecule has 1 aromatic carbocycles. The fourth-order valence-corrected chi connectivity index (χ4v) is 4.87. The summed E-state index contributed by atoms with van der Waals surface area (Å²) in [4.78, 5) is 11.8. The van der Waals surface area contributed by atoms with Crippen LogP contribution in [-0.4, -0.2) is 90.7 Å². The predicted molar refractivity (Wildman–Crippen MR) is 136 cm³/mol. The highest BCUT2D eigenvalue weighted by Crippen LogP contribution is 2.31. The second-order valence-electron chi connectivity index (χ2n) is 9.62. The van der Waals surface area contributed by atoms with Gasteiger partial charge in [-0.1, -0.05) is 30.3 Å². The van der Waals surface area contributed by atoms with E-state index >= 15 is 0 Å². The maximum Gasteiger partial charge on any atom is 0.256 e. The van der Waals surface area contributed by atoms with Crippen LogP contribution in [0.4, 0.5) is 5.69 Å². The first-order valence-electron chi connectivity index (χ1n) is 12.6. The average Bonchev–Trinajstić information content (AvgIpc) is 3.64. The van der Waals surface area contributed by atoms with Gasteiger partial charge in [0, 0.05) is 57.9 Å². The van der Waals surface area contributed by atoms with Gasteiger partial charge >= 0.3 is 0 Å². The molecule has 4 aromatic rings. The fraction of sp³-hybridized carbons (Fsp3) is 0.480. The number of benzene rings is 1. The molecule has 6 rings (SSSR count). The summed E-state index contributed by atoms with van der Waals surface area (Å²) in [5.74, 6) is 2.86. The van der Waals surface area contributed by atoms with Gasteiger partial charge in [-0.3, -0.25) is 4.90 Å². The third-order valence-electron chi connectivity index (χ3n) is 7.02. The number of fused-ring (bicyclic) bond motifs is 1. The molecule has 2 aliphatic heterocycles. The number of aromatic nitrogens is 7. The number of nitrogens with zero attached hydrogens (tertiary/aromatic N) is 10. The molecule has 2 fully saturated rings. The smallest absolute Gasteiger partial charge is 0.256 e. The summed E-state index contributed by atoms with van der Waals surface area (Å²) in [7, 11) is 4.08. The summed E-state index contributed by atoms with van der Waals surface area (Å²) >= 11 is 0. The zero-order valence-corrected chi connectivity index (χ0v) is 20.9. The third kappa shape index (κ3) is 4.63. The van der Waals surface area contributed by atoms with Crippen molar-refractivity contribution in [1.29, 1.82) is 0 Å². The lowest BCUT2D eigenvalue weighted by Gasteiger charge is -2.31. The Kier molecular flexibility index (Phi) is 6.24. The first-order chi connectivity index (χ1) is 17.6. The highest BCUT2D eigenvalue weighted by atomic mass is 16.5. The minimum Gasteiger partial charge on any atom is -0.467 e. The molecule has 2 aliphatic rings. The van der Waals surface area contributed by atoms with E-state index in [2.05, 4.69) is 37.0 Å². The molecule has 0 unspecified atom stereocenters. The monoisotopic (exact) mass is 488 g/mol. The van der Waals surface area contributed by atoms with Crippen LogP contribution < -0.4 is 9.64 Å². The SMILES string of the molecule is CN1CCN(Cc2nc(COc3nn4c(-c5ccccc5)nnc4cc3N3CCCC3)n(C)n2)CC1. The van der Waals surface area contributed by atoms with Crippen molar-refractivity contribution in [2.45, 2.75) is 26.0 Å². The molecular weight excluding hydrogens is 456 g/mol. The second-order valence-corrected chi connectivity index (χ2v) is 9.62. The minimum atomic E-state index is 0.286. The third-order valence-corrected chi connectivity index (χ3v) is 7.02. The van der Waals surface area contributed by atoms with E-state index in [0.29, 0.717) is 17.4 Å². The maximum atomic E-state index is 6.33. The van der Waals surface area contributed by atoms with Crippen LogP contribution in [0.5, 0.6) is 5.88 Å². The Hall–Kier alpha value is -3.57. The van der Waals surface area contributed by atoms with Crippen molar-refractivity contribution < 1.29 is 4.74 Å². The number of piperazine rings is 1. The lowest BCUT2D eigenvalue weighted by Crippen LogP contribution is -2.44. The first-order valence-corrected chi connectivity index (χ1v) is 12.6. The van der Waals surface area contributed by atoms with E-state index in [9.17, 15) is 0 Å². The van der Waals surface area contributed by atoms with Gasteiger partial charge in [-0.25, -0.2) is 9.67 Å². The zero-order valence-electron chi connectivity index (χ0n) is 20.9. The van der Waals surface area contributed by atoms with E-state index in [0.717, 1.165) is 81.6 Å². The molecule has 0 atom stereocenters. The van der Waals surface area contributed by atoms with Crippen molar-refractivity contribution in [3.05, 3.63) is 48.0 Å². The molecule has 5 heterocycles. The van der Waals surface area contributed by atoms with Gasteiger partial charge in [-0.2, -0.15) is 9.61 Å². The van der Waals surface area contributed by atoms with Gasteiger partial charge in [-0.05, 0) is 19.9 Å². The summed E-state index contributed by atoms with van der Waals surface area (Å²) in [5.41, 5.74) is 2.61. The Morgan fingerprint density at radius 1 is 0.889 bits per heavy atom. The van der Waals surface area contributed by atoms with Crippen molar-refractivity contribution in [3.8, 4) is 17.3 Å². The molecule has 36 heavy (non-hydrogen) atoms. The highest BCUT2D eigenvalue weighted by Gasteiger charge is 2.23. The van der Waals surface area contributed by atoms with Crippen molar-refractivity contribution in [2.24, 2.45) is 7.05 Å². The summed E-state index contributed by atoms with van der Waals surface area (Å²) in [5, 5.41) is 18.3. The maximum absolute atomic E-state index is 6.33. The van der Waals surface area contributed by atoms with Gasteiger partial charge < -0.3 is 14.5 Å². The zero-order chi connectivity index (χ0) is 24.5. The van der Waals surface area contributed by atoms with Gasteiger partial charge in [0.2, 0.25) is 0 Å². The first kappa shape index (κ1) is 22.9. The van der Waals surface area contributed by atoms with E-state index in [-0.39, 0.29) is 6.61 Å². The summed E-state index contributed by atoms with van der Waals surface area (Å²) < 4.78 is 9.91. The van der Waals surface area contributed by atoms with E-state index in [1.165, 1.54) is 0 Å². The van der Waals surface area contributed by atoms with E-state index in [1.807, 2.05) is 48.1 Å². The fourth-order valence-electron chi connectivity index (χ4n) is 4.87. The molecule has 11 nitrogen and oxygen atoms in total. The molecule has 2 saturated heterocycles. The topological polar surface area (TPSA) is 92.7 Å². The van der Waals surface area contributed by atoms with Crippen LogP contribution >= 0.6 is 0 Å². The molecule has 3 aromatic heterocycles. The molecule has 0 aliphatic carbocycles. The molecular formula is C25H32N10O. The van der Waals surface area contributed by atoms with Crippen molar-refractivity contribution in [2.75, 3.05) is 51.2 Å². The number of hydrogen-bond donors (Lipinski definition) is 0. The molecule has 0 saturated carbocycles. The Bertz CT molecular complexity index is 1320. The Morgan fingerprint density at radius 2 is 1.67 bits per heavy atom. The number of hydrogen-bond acceptors (Lipinski definition) is 9. The molecule has 0 spiro atoms. The summed E-state index contributed by atoms with van der Waals surface area (Å²) in [6.45, 7) is 7.22. The lowest BCUT2D eigenvalue weighted by molar-refractivity contribution is 0.145. The molecule has 188 valence electrons. The van der Waals surface area contributed by atoms with Crippen LogP contribution in [0, 0.1) is 0 Å². The average molecular weight is 489 g/mol. The standard InChI is InChI=1S/C25H32N10O/c1-31-12-14-33(15-13-31)17-21-26-23(32(2)29-21)18-36-25-20(34-10-6-7-11-34)16-22-27-28-24(35(22)30-25)19-8-4-3-5-9-19/h3-5,8-9,16H,6-7,10-15,17-18H2,1-2H3. The number of anilines is 1. The largest absolute Gasteiger partial charge is 0.467 e. The molecule has 0 amide bonds. The number of ether oxygens (including phenoxy) is 1. The quantitative estimate of drug-likeness (QED) is 0.386. The second kappa shape index (κ2) is 9.82. The van der Waals surface area contributed by atoms with Crippen LogP contribution in [0.2, 0.25) is 0 Å². The number of likely N-dealkylation sites (N-methyl/N-ethyl adjacent to an activating group) is 1. The summed E-state index contributed by atoms with van der Waals surface area (Å²) in [6, 6.07) is 12.0. The molecule has 0 bridgehead atoms. The van der Waals surface area contributed by atoms with Crippen LogP contribution in [0.25, 0.3) is 17.0 Å². The van der Waals surface area contributed by atoms with Crippen molar-refractivity contribution >= 4 is 11.3 Å². The molecule has 11 heteroatoms. The van der Waals surface area contributed by atoms with Gasteiger partial charge in [0.15, 0.2) is 23.1 Å².